The number of likely N-dealkylation sites (N-methyl/N-ethyl adjacent to an activating group) is 1. The first-order chi connectivity index (χ1) is 16.8. The molecule has 3 N–H and O–H groups in total. The molecule has 1 aromatic heterocycles. The number of hydrogen-bond acceptors (Lipinski definition) is 5. The fraction of sp³-hybridized carbons (Fsp3) is 0.269. The Kier molecular flexibility index (Phi) is 8.03. The van der Waals surface area contributed by atoms with Gasteiger partial charge in [0, 0.05) is 48.9 Å². The molecule has 0 aliphatic carbocycles. The molecule has 0 radical (unpaired) electrons. The number of rotatable bonds is 7. The third-order valence-electron chi connectivity index (χ3n) is 6.09. The summed E-state index contributed by atoms with van der Waals surface area (Å²) in [7, 11) is 0. The van der Waals surface area contributed by atoms with E-state index in [-0.39, 0.29) is 5.91 Å². The van der Waals surface area contributed by atoms with E-state index in [1.807, 2.05) is 6.07 Å². The van der Waals surface area contributed by atoms with E-state index >= 15 is 0 Å². The van der Waals surface area contributed by atoms with Crippen molar-refractivity contribution < 1.29 is 9.59 Å². The Labute approximate surface area is 214 Å². The van der Waals surface area contributed by atoms with E-state index in [1.165, 1.54) is 0 Å². The third kappa shape index (κ3) is 6.18. The molecule has 4 rings (SSSR count). The van der Waals surface area contributed by atoms with Crippen LogP contribution in [0.2, 0.25) is 10.0 Å². The number of nitrogens with two attached hydrogens (primary N) is 1. The van der Waals surface area contributed by atoms with E-state index in [4.69, 9.17) is 33.9 Å². The minimum atomic E-state index is -0.574. The minimum Gasteiger partial charge on any atom is -0.366 e. The number of anilines is 1. The van der Waals surface area contributed by atoms with Crippen molar-refractivity contribution in [2.24, 2.45) is 5.73 Å². The van der Waals surface area contributed by atoms with Crippen LogP contribution >= 0.6 is 23.2 Å². The van der Waals surface area contributed by atoms with Gasteiger partial charge in [-0.05, 0) is 49.0 Å². The van der Waals surface area contributed by atoms with Gasteiger partial charge in [0.05, 0.1) is 27.7 Å². The molecular weight excluding hydrogens is 485 g/mol. The van der Waals surface area contributed by atoms with Crippen molar-refractivity contribution >= 4 is 40.7 Å². The van der Waals surface area contributed by atoms with Gasteiger partial charge in [-0.15, -0.1) is 0 Å². The number of pyridine rings is 1. The van der Waals surface area contributed by atoms with Crippen molar-refractivity contribution in [3.8, 4) is 11.3 Å². The molecule has 7 nitrogen and oxygen atoms in total. The number of carbonyl (C=O) groups is 2. The number of hydrogen-bond donors (Lipinski definition) is 2. The summed E-state index contributed by atoms with van der Waals surface area (Å²) in [4.78, 5) is 34.5. The standard InChI is InChI=1S/C26H27Cl2N5O2/c1-2-32-10-12-33(13-11-32)16-20-7-8-21(25(29)34)24(30-20)17-6-9-22(28)23(15-17)31-26(35)18-4-3-5-19(27)14-18/h3-9,14-15H,2,10-13,16H2,1H3,(H2,29,34)(H,31,35). The van der Waals surface area contributed by atoms with E-state index in [0.29, 0.717) is 44.7 Å². The van der Waals surface area contributed by atoms with Gasteiger partial charge in [-0.2, -0.15) is 0 Å². The van der Waals surface area contributed by atoms with Crippen LogP contribution in [0.15, 0.2) is 54.6 Å². The number of carbonyl (C=O) groups excluding carboxylic acids is 2. The fourth-order valence-corrected chi connectivity index (χ4v) is 4.45. The van der Waals surface area contributed by atoms with Crippen molar-refractivity contribution in [2.75, 3.05) is 38.0 Å². The summed E-state index contributed by atoms with van der Waals surface area (Å²) < 4.78 is 0. The maximum atomic E-state index is 12.7. The van der Waals surface area contributed by atoms with Crippen LogP contribution in [-0.2, 0) is 6.54 Å². The van der Waals surface area contributed by atoms with E-state index in [9.17, 15) is 9.59 Å². The quantitative estimate of drug-likeness (QED) is 0.485. The van der Waals surface area contributed by atoms with Gasteiger partial charge in [-0.1, -0.05) is 42.3 Å². The number of primary amides is 1. The lowest BCUT2D eigenvalue weighted by atomic mass is 10.0. The Balaban J connectivity index is 1.61. The van der Waals surface area contributed by atoms with Crippen molar-refractivity contribution in [3.63, 3.8) is 0 Å². The zero-order chi connectivity index (χ0) is 24.9. The lowest BCUT2D eigenvalue weighted by Crippen LogP contribution is -2.45. The number of benzene rings is 2. The predicted molar refractivity (Wildman–Crippen MR) is 140 cm³/mol. The Morgan fingerprint density at radius 1 is 1.00 bits per heavy atom. The number of amides is 2. The van der Waals surface area contributed by atoms with Gasteiger partial charge in [0.15, 0.2) is 0 Å². The molecule has 1 aliphatic rings. The molecule has 0 bridgehead atoms. The molecule has 182 valence electrons. The van der Waals surface area contributed by atoms with Gasteiger partial charge in [-0.3, -0.25) is 19.5 Å². The minimum absolute atomic E-state index is 0.305. The predicted octanol–water partition coefficient (Wildman–Crippen LogP) is 4.54. The van der Waals surface area contributed by atoms with E-state index in [2.05, 4.69) is 22.0 Å². The largest absolute Gasteiger partial charge is 0.366 e. The molecule has 35 heavy (non-hydrogen) atoms. The van der Waals surface area contributed by atoms with Gasteiger partial charge in [-0.25, -0.2) is 0 Å². The first-order valence-electron chi connectivity index (χ1n) is 11.5. The SMILES string of the molecule is CCN1CCN(Cc2ccc(C(N)=O)c(-c3ccc(Cl)c(NC(=O)c4cccc(Cl)c4)c3)n2)CC1. The number of piperazine rings is 1. The van der Waals surface area contributed by atoms with Crippen LogP contribution in [0, 0.1) is 0 Å². The van der Waals surface area contributed by atoms with Gasteiger partial charge >= 0.3 is 0 Å². The van der Waals surface area contributed by atoms with Crippen LogP contribution in [0.3, 0.4) is 0 Å². The summed E-state index contributed by atoms with van der Waals surface area (Å²) in [6.45, 7) is 7.87. The summed E-state index contributed by atoms with van der Waals surface area (Å²) in [5.74, 6) is -0.926. The highest BCUT2D eigenvalue weighted by molar-refractivity contribution is 6.34. The summed E-state index contributed by atoms with van der Waals surface area (Å²) in [5, 5.41) is 3.63. The van der Waals surface area contributed by atoms with Crippen LogP contribution in [0.5, 0.6) is 0 Å². The Morgan fingerprint density at radius 3 is 2.43 bits per heavy atom. The first kappa shape index (κ1) is 25.1. The highest BCUT2D eigenvalue weighted by Gasteiger charge is 2.19. The second kappa shape index (κ2) is 11.2. The maximum absolute atomic E-state index is 12.7. The monoisotopic (exact) mass is 511 g/mol. The number of aromatic nitrogens is 1. The van der Waals surface area contributed by atoms with Crippen LogP contribution in [0.1, 0.15) is 33.3 Å². The van der Waals surface area contributed by atoms with E-state index in [1.54, 1.807) is 48.5 Å². The van der Waals surface area contributed by atoms with Crippen molar-refractivity contribution in [1.29, 1.82) is 0 Å². The molecular formula is C26H27Cl2N5O2. The Bertz CT molecular complexity index is 1240. The fourth-order valence-electron chi connectivity index (χ4n) is 4.09. The van der Waals surface area contributed by atoms with Gasteiger partial charge in [0.25, 0.3) is 11.8 Å². The number of halogens is 2. The average molecular weight is 512 g/mol. The van der Waals surface area contributed by atoms with Gasteiger partial charge in [0.1, 0.15) is 0 Å². The van der Waals surface area contributed by atoms with Crippen molar-refractivity contribution in [2.45, 2.75) is 13.5 Å². The second-order valence-electron chi connectivity index (χ2n) is 8.43. The summed E-state index contributed by atoms with van der Waals surface area (Å²) in [5.41, 5.74) is 8.68. The molecule has 0 atom stereocenters. The first-order valence-corrected chi connectivity index (χ1v) is 12.2. The summed E-state index contributed by atoms with van der Waals surface area (Å²) in [6.07, 6.45) is 0. The Morgan fingerprint density at radius 2 is 1.74 bits per heavy atom. The van der Waals surface area contributed by atoms with Crippen molar-refractivity contribution in [1.82, 2.24) is 14.8 Å². The van der Waals surface area contributed by atoms with Gasteiger partial charge < -0.3 is 16.0 Å². The van der Waals surface area contributed by atoms with Crippen LogP contribution in [-0.4, -0.2) is 59.3 Å². The zero-order valence-electron chi connectivity index (χ0n) is 19.4. The molecule has 1 aliphatic heterocycles. The normalized spacial score (nSPS) is 14.6. The van der Waals surface area contributed by atoms with E-state index in [0.717, 1.165) is 38.4 Å². The lowest BCUT2D eigenvalue weighted by Gasteiger charge is -2.33. The molecule has 0 spiro atoms. The number of nitrogens with one attached hydrogen (secondary N) is 1. The highest BCUT2D eigenvalue weighted by Crippen LogP contribution is 2.30. The molecule has 3 aromatic rings. The van der Waals surface area contributed by atoms with Crippen LogP contribution < -0.4 is 11.1 Å². The molecule has 2 aromatic carbocycles. The molecule has 0 unspecified atom stereocenters. The molecule has 0 saturated carbocycles. The average Bonchev–Trinajstić information content (AvgIpc) is 2.85. The highest BCUT2D eigenvalue weighted by atomic mass is 35.5. The van der Waals surface area contributed by atoms with Crippen molar-refractivity contribution in [3.05, 3.63) is 81.5 Å². The summed E-state index contributed by atoms with van der Waals surface area (Å²) >= 11 is 12.4. The molecule has 2 amide bonds. The number of nitrogens with zero attached hydrogens (tertiary/aromatic N) is 3. The maximum Gasteiger partial charge on any atom is 0.255 e. The topological polar surface area (TPSA) is 91.6 Å². The third-order valence-corrected chi connectivity index (χ3v) is 6.66. The second-order valence-corrected chi connectivity index (χ2v) is 9.28. The molecule has 2 heterocycles. The zero-order valence-corrected chi connectivity index (χ0v) is 20.9. The lowest BCUT2D eigenvalue weighted by molar-refractivity contribution is 0.0997. The Hall–Kier alpha value is -2.97. The molecule has 1 fully saturated rings. The van der Waals surface area contributed by atoms with E-state index < -0.39 is 5.91 Å². The van der Waals surface area contributed by atoms with Crippen LogP contribution in [0.25, 0.3) is 11.3 Å². The van der Waals surface area contributed by atoms with Gasteiger partial charge in [0.2, 0.25) is 0 Å². The summed E-state index contributed by atoms with van der Waals surface area (Å²) in [6, 6.07) is 15.3. The molecule has 9 heteroatoms. The smallest absolute Gasteiger partial charge is 0.255 e. The molecule has 1 saturated heterocycles. The van der Waals surface area contributed by atoms with Crippen LogP contribution in [0.4, 0.5) is 5.69 Å².